The number of pyridine rings is 1. The predicted octanol–water partition coefficient (Wildman–Crippen LogP) is 1.44. The molecule has 3 aromatic rings. The van der Waals surface area contributed by atoms with E-state index < -0.39 is 5.91 Å². The van der Waals surface area contributed by atoms with Gasteiger partial charge in [-0.1, -0.05) is 18.2 Å². The minimum absolute atomic E-state index is 0.142. The number of hydrogen-bond acceptors (Lipinski definition) is 6. The van der Waals surface area contributed by atoms with E-state index in [9.17, 15) is 9.59 Å². The van der Waals surface area contributed by atoms with Gasteiger partial charge in [-0.25, -0.2) is 0 Å². The zero-order chi connectivity index (χ0) is 20.2. The van der Waals surface area contributed by atoms with E-state index in [-0.39, 0.29) is 23.4 Å². The van der Waals surface area contributed by atoms with Gasteiger partial charge in [0, 0.05) is 18.8 Å². The average molecular weight is 392 g/mol. The van der Waals surface area contributed by atoms with E-state index in [0.29, 0.717) is 18.8 Å². The van der Waals surface area contributed by atoms with E-state index >= 15 is 0 Å². The molecule has 0 aliphatic carbocycles. The molecule has 9 heteroatoms. The molecule has 0 bridgehead atoms. The van der Waals surface area contributed by atoms with Gasteiger partial charge >= 0.3 is 0 Å². The third-order valence-corrected chi connectivity index (χ3v) is 4.65. The monoisotopic (exact) mass is 392 g/mol. The summed E-state index contributed by atoms with van der Waals surface area (Å²) in [5, 5.41) is 8.50. The zero-order valence-electron chi connectivity index (χ0n) is 15.6. The zero-order valence-corrected chi connectivity index (χ0v) is 15.6. The maximum Gasteiger partial charge on any atom is 0.276 e. The molecule has 2 aromatic heterocycles. The number of carbonyl (C=O) groups excluding carboxylic acids is 2. The lowest BCUT2D eigenvalue weighted by atomic mass is 10.1. The molecule has 29 heavy (non-hydrogen) atoms. The number of ether oxygens (including phenoxy) is 1. The van der Waals surface area contributed by atoms with E-state index in [1.807, 2.05) is 30.3 Å². The molecule has 1 atom stereocenters. The molecule has 4 rings (SSSR count). The molecule has 1 unspecified atom stereocenters. The van der Waals surface area contributed by atoms with E-state index in [1.165, 1.54) is 23.3 Å². The Hall–Kier alpha value is -3.75. The maximum atomic E-state index is 12.9. The topological polar surface area (TPSA) is 116 Å². The van der Waals surface area contributed by atoms with Crippen LogP contribution < -0.4 is 10.5 Å². The molecule has 3 heterocycles. The average Bonchev–Trinajstić information content (AvgIpc) is 3.24. The number of nitrogens with two attached hydrogens (primary N) is 1. The van der Waals surface area contributed by atoms with Crippen molar-refractivity contribution in [3.63, 3.8) is 0 Å². The van der Waals surface area contributed by atoms with Crippen molar-refractivity contribution in [1.82, 2.24) is 24.9 Å². The highest BCUT2D eigenvalue weighted by molar-refractivity contribution is 5.92. The van der Waals surface area contributed by atoms with Gasteiger partial charge in [0.15, 0.2) is 5.69 Å². The molecular weight excluding hydrogens is 372 g/mol. The summed E-state index contributed by atoms with van der Waals surface area (Å²) in [6, 6.07) is 12.6. The van der Waals surface area contributed by atoms with Gasteiger partial charge in [0.25, 0.3) is 11.8 Å². The summed E-state index contributed by atoms with van der Waals surface area (Å²) in [4.78, 5) is 31.2. The van der Waals surface area contributed by atoms with Crippen LogP contribution in [0.2, 0.25) is 0 Å². The van der Waals surface area contributed by atoms with Crippen molar-refractivity contribution in [2.24, 2.45) is 5.73 Å². The third kappa shape index (κ3) is 4.23. The minimum atomic E-state index is -0.614. The fourth-order valence-corrected chi connectivity index (χ4v) is 3.24. The first-order valence-corrected chi connectivity index (χ1v) is 9.30. The second kappa shape index (κ2) is 8.09. The fourth-order valence-electron chi connectivity index (χ4n) is 3.24. The smallest absolute Gasteiger partial charge is 0.276 e. The van der Waals surface area contributed by atoms with Crippen LogP contribution in [0.4, 0.5) is 0 Å². The number of piperidine rings is 1. The van der Waals surface area contributed by atoms with E-state index in [4.69, 9.17) is 10.5 Å². The lowest BCUT2D eigenvalue weighted by Crippen LogP contribution is -2.44. The quantitative estimate of drug-likeness (QED) is 0.702. The number of carbonyl (C=O) groups is 2. The summed E-state index contributed by atoms with van der Waals surface area (Å²) >= 11 is 0. The van der Waals surface area contributed by atoms with Crippen LogP contribution in [0.25, 0.3) is 5.69 Å². The highest BCUT2D eigenvalue weighted by Crippen LogP contribution is 2.20. The summed E-state index contributed by atoms with van der Waals surface area (Å²) in [5.74, 6) is -0.298. The Labute approximate surface area is 167 Å². The van der Waals surface area contributed by atoms with Crippen molar-refractivity contribution in [2.75, 3.05) is 13.1 Å². The van der Waals surface area contributed by atoms with E-state index in [0.717, 1.165) is 18.5 Å². The van der Waals surface area contributed by atoms with Gasteiger partial charge in [-0.15, -0.1) is 5.10 Å². The largest absolute Gasteiger partial charge is 0.488 e. The molecule has 2 N–H and O–H groups in total. The Morgan fingerprint density at radius 3 is 2.76 bits per heavy atom. The normalized spacial score (nSPS) is 16.4. The van der Waals surface area contributed by atoms with Crippen LogP contribution in [-0.2, 0) is 0 Å². The molecule has 1 saturated heterocycles. The Morgan fingerprint density at radius 1 is 1.14 bits per heavy atom. The number of benzene rings is 1. The summed E-state index contributed by atoms with van der Waals surface area (Å²) < 4.78 is 5.95. The van der Waals surface area contributed by atoms with Gasteiger partial charge in [0.05, 0.1) is 18.4 Å². The molecule has 1 aromatic carbocycles. The number of likely N-dealkylation sites (tertiary alicyclic amines) is 1. The van der Waals surface area contributed by atoms with E-state index in [2.05, 4.69) is 15.2 Å². The van der Waals surface area contributed by atoms with Crippen molar-refractivity contribution >= 4 is 11.8 Å². The maximum absolute atomic E-state index is 12.9. The molecule has 148 valence electrons. The standard InChI is InChI=1S/C20H20N6O3/c21-19(27)17-11-15(8-9-22-17)29-16-7-4-10-25(13-16)20(28)18-12-23-26(24-18)14-5-2-1-3-6-14/h1-3,5-6,8-9,11-12,16H,4,7,10,13H2,(H2,21,27). The number of amides is 2. The predicted molar refractivity (Wildman–Crippen MR) is 104 cm³/mol. The highest BCUT2D eigenvalue weighted by Gasteiger charge is 2.27. The van der Waals surface area contributed by atoms with Crippen molar-refractivity contribution < 1.29 is 14.3 Å². The molecule has 2 amide bonds. The molecule has 0 saturated carbocycles. The van der Waals surface area contributed by atoms with Gasteiger partial charge < -0.3 is 15.4 Å². The number of aromatic nitrogens is 4. The number of rotatable bonds is 5. The van der Waals surface area contributed by atoms with Crippen LogP contribution in [0.3, 0.4) is 0 Å². The first kappa shape index (κ1) is 18.6. The number of para-hydroxylation sites is 1. The van der Waals surface area contributed by atoms with E-state index in [1.54, 1.807) is 11.0 Å². The van der Waals surface area contributed by atoms with Crippen LogP contribution in [0.15, 0.2) is 54.9 Å². The second-order valence-electron chi connectivity index (χ2n) is 6.73. The Balaban J connectivity index is 1.43. The Kier molecular flexibility index (Phi) is 5.19. The highest BCUT2D eigenvalue weighted by atomic mass is 16.5. The van der Waals surface area contributed by atoms with Crippen LogP contribution >= 0.6 is 0 Å². The minimum Gasteiger partial charge on any atom is -0.488 e. The first-order valence-electron chi connectivity index (χ1n) is 9.30. The van der Waals surface area contributed by atoms with Crippen LogP contribution in [0.1, 0.15) is 33.8 Å². The van der Waals surface area contributed by atoms with Crippen molar-refractivity contribution in [3.05, 3.63) is 66.2 Å². The third-order valence-electron chi connectivity index (χ3n) is 4.65. The number of hydrogen-bond donors (Lipinski definition) is 1. The molecule has 1 aliphatic rings. The van der Waals surface area contributed by atoms with Gasteiger partial charge in [-0.3, -0.25) is 14.6 Å². The summed E-state index contributed by atoms with van der Waals surface area (Å²) in [7, 11) is 0. The van der Waals surface area contributed by atoms with Gasteiger partial charge in [0.2, 0.25) is 0 Å². The first-order chi connectivity index (χ1) is 14.1. The van der Waals surface area contributed by atoms with Crippen molar-refractivity contribution in [3.8, 4) is 11.4 Å². The van der Waals surface area contributed by atoms with Crippen LogP contribution in [0, 0.1) is 0 Å². The lowest BCUT2D eigenvalue weighted by Gasteiger charge is -2.32. The molecule has 1 aliphatic heterocycles. The lowest BCUT2D eigenvalue weighted by molar-refractivity contribution is 0.0532. The van der Waals surface area contributed by atoms with Gasteiger partial charge in [-0.05, 0) is 31.0 Å². The summed E-state index contributed by atoms with van der Waals surface area (Å²) in [6.07, 6.45) is 4.36. The number of primary amides is 1. The van der Waals surface area contributed by atoms with Gasteiger partial charge in [0.1, 0.15) is 17.5 Å². The van der Waals surface area contributed by atoms with Gasteiger partial charge in [-0.2, -0.15) is 9.90 Å². The fraction of sp³-hybridized carbons (Fsp3) is 0.250. The molecular formula is C20H20N6O3. The Morgan fingerprint density at radius 2 is 1.97 bits per heavy atom. The second-order valence-corrected chi connectivity index (χ2v) is 6.73. The van der Waals surface area contributed by atoms with Crippen molar-refractivity contribution in [1.29, 1.82) is 0 Å². The summed E-state index contributed by atoms with van der Waals surface area (Å²) in [5.41, 5.74) is 6.48. The Bertz CT molecular complexity index is 1020. The number of nitrogens with zero attached hydrogens (tertiary/aromatic N) is 5. The molecule has 9 nitrogen and oxygen atoms in total. The molecule has 1 fully saturated rings. The van der Waals surface area contributed by atoms with Crippen LogP contribution in [-0.4, -0.2) is 55.9 Å². The molecule has 0 spiro atoms. The molecule has 0 radical (unpaired) electrons. The van der Waals surface area contributed by atoms with Crippen LogP contribution in [0.5, 0.6) is 5.75 Å². The summed E-state index contributed by atoms with van der Waals surface area (Å²) in [6.45, 7) is 1.05. The van der Waals surface area contributed by atoms with Crippen molar-refractivity contribution in [2.45, 2.75) is 18.9 Å². The SMILES string of the molecule is NC(=O)c1cc(OC2CCCN(C(=O)c3cnn(-c4ccccc4)n3)C2)ccn1.